The van der Waals surface area contributed by atoms with Crippen molar-refractivity contribution in [3.63, 3.8) is 0 Å². The maximum atomic E-state index is 11.5. The third-order valence-electron chi connectivity index (χ3n) is 2.78. The first-order valence-electron chi connectivity index (χ1n) is 5.60. The minimum absolute atomic E-state index is 0.0484. The largest absolute Gasteiger partial charge is 0.545 e. The molecule has 0 saturated heterocycles. The molecule has 104 valence electrons. The molecule has 4 nitrogen and oxygen atoms in total. The molecule has 2 aromatic carbocycles. The molecule has 2 rings (SSSR count). The number of carboxylic acid groups (broad SMARTS) is 1. The second-order valence-corrected chi connectivity index (χ2v) is 6.71. The van der Waals surface area contributed by atoms with Crippen molar-refractivity contribution in [2.24, 2.45) is 0 Å². The van der Waals surface area contributed by atoms with Gasteiger partial charge in [-0.25, -0.2) is 8.42 Å². The summed E-state index contributed by atoms with van der Waals surface area (Å²) in [6, 6.07) is 10.7. The summed E-state index contributed by atoms with van der Waals surface area (Å²) in [7, 11) is -3.30. The van der Waals surface area contributed by atoms with E-state index < -0.39 is 15.8 Å². The van der Waals surface area contributed by atoms with Crippen molar-refractivity contribution in [2.75, 3.05) is 6.26 Å². The summed E-state index contributed by atoms with van der Waals surface area (Å²) in [6.07, 6.45) is 1.12. The molecule has 0 atom stereocenters. The fourth-order valence-electron chi connectivity index (χ4n) is 1.77. The van der Waals surface area contributed by atoms with Gasteiger partial charge in [0.25, 0.3) is 0 Å². The number of carboxylic acids is 1. The van der Waals surface area contributed by atoms with E-state index >= 15 is 0 Å². The van der Waals surface area contributed by atoms with Gasteiger partial charge in [0.15, 0.2) is 9.84 Å². The Morgan fingerprint density at radius 3 is 2.30 bits per heavy atom. The van der Waals surface area contributed by atoms with Gasteiger partial charge in [0.05, 0.1) is 15.9 Å². The van der Waals surface area contributed by atoms with Gasteiger partial charge in [-0.3, -0.25) is 0 Å². The summed E-state index contributed by atoms with van der Waals surface area (Å²) >= 11 is 5.86. The molecule has 0 aromatic heterocycles. The maximum Gasteiger partial charge on any atom is 0.175 e. The molecule has 0 N–H and O–H groups in total. The van der Waals surface area contributed by atoms with Gasteiger partial charge >= 0.3 is 0 Å². The molecular weight excluding hydrogens is 300 g/mol. The van der Waals surface area contributed by atoms with Gasteiger partial charge in [-0.05, 0) is 29.3 Å². The zero-order valence-electron chi connectivity index (χ0n) is 10.5. The first kappa shape index (κ1) is 14.6. The molecule has 0 spiro atoms. The molecule has 0 aliphatic heterocycles. The summed E-state index contributed by atoms with van der Waals surface area (Å²) in [5, 5.41) is 10.8. The molecule has 0 radical (unpaired) electrons. The van der Waals surface area contributed by atoms with Crippen molar-refractivity contribution < 1.29 is 18.3 Å². The minimum Gasteiger partial charge on any atom is -0.545 e. The van der Waals surface area contributed by atoms with Crippen molar-refractivity contribution in [3.8, 4) is 11.1 Å². The summed E-state index contributed by atoms with van der Waals surface area (Å²) in [5.41, 5.74) is 1.17. The van der Waals surface area contributed by atoms with Gasteiger partial charge < -0.3 is 9.90 Å². The highest BCUT2D eigenvalue weighted by Crippen LogP contribution is 2.27. The van der Waals surface area contributed by atoms with Crippen LogP contribution in [-0.4, -0.2) is 20.6 Å². The van der Waals surface area contributed by atoms with Crippen LogP contribution in [-0.2, 0) is 9.84 Å². The number of rotatable bonds is 3. The number of hydrogen-bond donors (Lipinski definition) is 0. The first-order chi connectivity index (χ1) is 9.29. The highest BCUT2D eigenvalue weighted by atomic mass is 35.5. The standard InChI is InChI=1S/C14H11ClO4S/c1-20(18,19)11-4-2-3-9(7-11)10-5-6-12(14(16)17)13(15)8-10/h2-8H,1H3,(H,16,17)/p-1. The predicted molar refractivity (Wildman–Crippen MR) is 74.3 cm³/mol. The first-order valence-corrected chi connectivity index (χ1v) is 7.87. The van der Waals surface area contributed by atoms with E-state index in [1.807, 2.05) is 0 Å². The molecule has 0 bridgehead atoms. The Hall–Kier alpha value is -1.85. The van der Waals surface area contributed by atoms with Crippen LogP contribution in [0.4, 0.5) is 0 Å². The summed E-state index contributed by atoms with van der Waals surface area (Å²) in [4.78, 5) is 11.0. The molecule has 20 heavy (non-hydrogen) atoms. The van der Waals surface area contributed by atoms with E-state index in [9.17, 15) is 18.3 Å². The molecule has 0 heterocycles. The topological polar surface area (TPSA) is 74.3 Å². The number of carbonyl (C=O) groups excluding carboxylic acids is 1. The van der Waals surface area contributed by atoms with Gasteiger partial charge in [-0.2, -0.15) is 0 Å². The van der Waals surface area contributed by atoms with E-state index in [4.69, 9.17) is 11.6 Å². The molecule has 0 aliphatic carbocycles. The SMILES string of the molecule is CS(=O)(=O)c1cccc(-c2ccc(C(=O)[O-])c(Cl)c2)c1. The van der Waals surface area contributed by atoms with Crippen molar-refractivity contribution in [1.29, 1.82) is 0 Å². The number of hydrogen-bond acceptors (Lipinski definition) is 4. The lowest BCUT2D eigenvalue weighted by molar-refractivity contribution is -0.255. The Balaban J connectivity index is 2.53. The van der Waals surface area contributed by atoms with Gasteiger partial charge in [0.2, 0.25) is 0 Å². The van der Waals surface area contributed by atoms with E-state index in [1.165, 1.54) is 24.3 Å². The predicted octanol–water partition coefficient (Wildman–Crippen LogP) is 1.77. The molecule has 0 fully saturated rings. The lowest BCUT2D eigenvalue weighted by atomic mass is 10.0. The van der Waals surface area contributed by atoms with Gasteiger partial charge in [-0.15, -0.1) is 0 Å². The van der Waals surface area contributed by atoms with Crippen molar-refractivity contribution in [2.45, 2.75) is 4.90 Å². The van der Waals surface area contributed by atoms with Crippen LogP contribution in [0.3, 0.4) is 0 Å². The third-order valence-corrected chi connectivity index (χ3v) is 4.21. The number of halogens is 1. The van der Waals surface area contributed by atoms with E-state index in [1.54, 1.807) is 18.2 Å². The fourth-order valence-corrected chi connectivity index (χ4v) is 2.69. The molecule has 2 aromatic rings. The monoisotopic (exact) mass is 309 g/mol. The van der Waals surface area contributed by atoms with E-state index in [0.717, 1.165) is 6.26 Å². The quantitative estimate of drug-likeness (QED) is 0.866. The van der Waals surface area contributed by atoms with Crippen molar-refractivity contribution in [3.05, 3.63) is 53.1 Å². The Labute approximate surface area is 121 Å². The third kappa shape index (κ3) is 3.00. The Morgan fingerprint density at radius 2 is 1.75 bits per heavy atom. The molecular formula is C14H10ClO4S-. The Bertz CT molecular complexity index is 782. The normalized spacial score (nSPS) is 11.3. The number of aromatic carboxylic acids is 1. The van der Waals surface area contributed by atoms with Crippen LogP contribution in [0.2, 0.25) is 5.02 Å². The average Bonchev–Trinajstić information content (AvgIpc) is 2.37. The van der Waals surface area contributed by atoms with Crippen molar-refractivity contribution in [1.82, 2.24) is 0 Å². The lowest BCUT2D eigenvalue weighted by Gasteiger charge is -2.09. The number of carbonyl (C=O) groups is 1. The van der Waals surface area contributed by atoms with Gasteiger partial charge in [0, 0.05) is 11.8 Å². The minimum atomic E-state index is -3.30. The molecule has 6 heteroatoms. The zero-order valence-corrected chi connectivity index (χ0v) is 12.0. The van der Waals surface area contributed by atoms with Gasteiger partial charge in [-0.1, -0.05) is 35.9 Å². The van der Waals surface area contributed by atoms with Crippen LogP contribution >= 0.6 is 11.6 Å². The lowest BCUT2D eigenvalue weighted by Crippen LogP contribution is -2.22. The second-order valence-electron chi connectivity index (χ2n) is 4.28. The maximum absolute atomic E-state index is 11.5. The number of benzene rings is 2. The van der Waals surface area contributed by atoms with Crippen LogP contribution < -0.4 is 5.11 Å². The van der Waals surface area contributed by atoms with E-state index in [2.05, 4.69) is 0 Å². The highest BCUT2D eigenvalue weighted by molar-refractivity contribution is 7.90. The van der Waals surface area contributed by atoms with Crippen LogP contribution in [0, 0.1) is 0 Å². The zero-order chi connectivity index (χ0) is 14.9. The molecule has 0 amide bonds. The van der Waals surface area contributed by atoms with Gasteiger partial charge in [0.1, 0.15) is 0 Å². The van der Waals surface area contributed by atoms with Crippen molar-refractivity contribution >= 4 is 27.4 Å². The second kappa shape index (κ2) is 5.26. The van der Waals surface area contributed by atoms with Crippen LogP contribution in [0.15, 0.2) is 47.4 Å². The smallest absolute Gasteiger partial charge is 0.175 e. The molecule has 0 unspecified atom stereocenters. The fraction of sp³-hybridized carbons (Fsp3) is 0.0714. The average molecular weight is 310 g/mol. The van der Waals surface area contributed by atoms with E-state index in [-0.39, 0.29) is 15.5 Å². The summed E-state index contributed by atoms with van der Waals surface area (Å²) in [6.45, 7) is 0. The van der Waals surface area contributed by atoms with Crippen LogP contribution in [0.1, 0.15) is 10.4 Å². The Kier molecular flexibility index (Phi) is 3.83. The number of sulfone groups is 1. The van der Waals surface area contributed by atoms with Crippen LogP contribution in [0.5, 0.6) is 0 Å². The molecule has 0 aliphatic rings. The van der Waals surface area contributed by atoms with E-state index in [0.29, 0.717) is 11.1 Å². The Morgan fingerprint density at radius 1 is 1.10 bits per heavy atom. The van der Waals surface area contributed by atoms with Crippen LogP contribution in [0.25, 0.3) is 11.1 Å². The molecule has 0 saturated carbocycles. The highest BCUT2D eigenvalue weighted by Gasteiger charge is 2.09. The summed E-state index contributed by atoms with van der Waals surface area (Å²) < 4.78 is 23.0. The summed E-state index contributed by atoms with van der Waals surface area (Å²) in [5.74, 6) is -1.36.